The van der Waals surface area contributed by atoms with Gasteiger partial charge < -0.3 is 5.32 Å². The Kier molecular flexibility index (Phi) is 4.56. The van der Waals surface area contributed by atoms with Crippen LogP contribution in [0.25, 0.3) is 0 Å². The molecule has 0 heterocycles. The fourth-order valence-corrected chi connectivity index (χ4v) is 2.25. The fourth-order valence-electron chi connectivity index (χ4n) is 1.95. The van der Waals surface area contributed by atoms with Crippen LogP contribution in [-0.4, -0.2) is 0 Å². The zero-order valence-corrected chi connectivity index (χ0v) is 11.8. The van der Waals surface area contributed by atoms with E-state index in [4.69, 9.17) is 11.6 Å². The normalized spacial score (nSPS) is 12.4. The smallest absolute Gasteiger partial charge is 0.123 e. The third-order valence-electron chi connectivity index (χ3n) is 3.16. The highest BCUT2D eigenvalue weighted by Gasteiger charge is 2.07. The molecule has 0 bridgehead atoms. The molecule has 1 nitrogen and oxygen atoms in total. The molecule has 0 aromatic heterocycles. The lowest BCUT2D eigenvalue weighted by Crippen LogP contribution is -2.18. The highest BCUT2D eigenvalue weighted by Crippen LogP contribution is 2.19. The predicted molar refractivity (Wildman–Crippen MR) is 77.8 cm³/mol. The second kappa shape index (κ2) is 6.18. The van der Waals surface area contributed by atoms with Crippen molar-refractivity contribution in [1.29, 1.82) is 0 Å². The van der Waals surface area contributed by atoms with E-state index in [2.05, 4.69) is 5.32 Å². The molecular formula is C16H17ClFN. The first-order valence-electron chi connectivity index (χ1n) is 6.30. The maximum atomic E-state index is 13.2. The van der Waals surface area contributed by atoms with Gasteiger partial charge in [-0.05, 0) is 48.7 Å². The second-order valence-corrected chi connectivity index (χ2v) is 5.16. The first-order valence-corrected chi connectivity index (χ1v) is 6.68. The number of aryl methyl sites for hydroxylation is 1. The molecule has 1 atom stereocenters. The molecule has 100 valence electrons. The van der Waals surface area contributed by atoms with Crippen molar-refractivity contribution < 1.29 is 4.39 Å². The molecule has 2 aromatic rings. The van der Waals surface area contributed by atoms with Gasteiger partial charge in [-0.15, -0.1) is 0 Å². The number of nitrogens with one attached hydrogen (secondary N) is 1. The minimum Gasteiger partial charge on any atom is -0.306 e. The number of hydrogen-bond acceptors (Lipinski definition) is 1. The van der Waals surface area contributed by atoms with Crippen LogP contribution in [0.3, 0.4) is 0 Å². The SMILES string of the molecule is Cc1ccc(CN[C@@H](C)c2cccc(F)c2)c(Cl)c1. The van der Waals surface area contributed by atoms with Crippen molar-refractivity contribution in [1.82, 2.24) is 5.32 Å². The number of halogens is 2. The van der Waals surface area contributed by atoms with E-state index in [1.54, 1.807) is 12.1 Å². The summed E-state index contributed by atoms with van der Waals surface area (Å²) in [5.41, 5.74) is 3.13. The summed E-state index contributed by atoms with van der Waals surface area (Å²) in [6.07, 6.45) is 0. The summed E-state index contributed by atoms with van der Waals surface area (Å²) in [6, 6.07) is 12.7. The molecule has 0 unspecified atom stereocenters. The van der Waals surface area contributed by atoms with Crippen molar-refractivity contribution in [2.45, 2.75) is 26.4 Å². The zero-order chi connectivity index (χ0) is 13.8. The number of benzene rings is 2. The van der Waals surface area contributed by atoms with Crippen LogP contribution in [0, 0.1) is 12.7 Å². The molecule has 0 saturated carbocycles. The minimum atomic E-state index is -0.209. The van der Waals surface area contributed by atoms with E-state index in [1.165, 1.54) is 6.07 Å². The van der Waals surface area contributed by atoms with Crippen molar-refractivity contribution in [3.8, 4) is 0 Å². The van der Waals surface area contributed by atoms with E-state index in [9.17, 15) is 4.39 Å². The Labute approximate surface area is 118 Å². The van der Waals surface area contributed by atoms with Gasteiger partial charge in [-0.3, -0.25) is 0 Å². The van der Waals surface area contributed by atoms with Crippen LogP contribution in [0.15, 0.2) is 42.5 Å². The van der Waals surface area contributed by atoms with Gasteiger partial charge in [-0.25, -0.2) is 4.39 Å². The lowest BCUT2D eigenvalue weighted by Gasteiger charge is -2.15. The van der Waals surface area contributed by atoms with Crippen LogP contribution in [0.1, 0.15) is 29.7 Å². The Morgan fingerprint density at radius 2 is 2.00 bits per heavy atom. The van der Waals surface area contributed by atoms with E-state index in [-0.39, 0.29) is 11.9 Å². The lowest BCUT2D eigenvalue weighted by molar-refractivity contribution is 0.565. The van der Waals surface area contributed by atoms with Gasteiger partial charge in [-0.2, -0.15) is 0 Å². The summed E-state index contributed by atoms with van der Waals surface area (Å²) in [5.74, 6) is -0.209. The molecule has 0 amide bonds. The molecule has 1 N–H and O–H groups in total. The van der Waals surface area contributed by atoms with E-state index >= 15 is 0 Å². The van der Waals surface area contributed by atoms with Gasteiger partial charge in [0.15, 0.2) is 0 Å². The maximum absolute atomic E-state index is 13.2. The van der Waals surface area contributed by atoms with Crippen LogP contribution < -0.4 is 5.32 Å². The summed E-state index contributed by atoms with van der Waals surface area (Å²) in [4.78, 5) is 0. The zero-order valence-electron chi connectivity index (χ0n) is 11.1. The third-order valence-corrected chi connectivity index (χ3v) is 3.51. The Hall–Kier alpha value is -1.38. The van der Waals surface area contributed by atoms with Gasteiger partial charge in [0.2, 0.25) is 0 Å². The highest BCUT2D eigenvalue weighted by molar-refractivity contribution is 6.31. The average Bonchev–Trinajstić information content (AvgIpc) is 2.37. The van der Waals surface area contributed by atoms with Crippen LogP contribution in [0.5, 0.6) is 0 Å². The molecule has 0 aliphatic heterocycles. The third kappa shape index (κ3) is 3.79. The van der Waals surface area contributed by atoms with Crippen LogP contribution >= 0.6 is 11.6 Å². The van der Waals surface area contributed by atoms with Crippen molar-refractivity contribution in [2.24, 2.45) is 0 Å². The number of rotatable bonds is 4. The predicted octanol–water partition coefficient (Wildman–Crippen LogP) is 4.64. The first-order chi connectivity index (χ1) is 9.06. The van der Waals surface area contributed by atoms with Gasteiger partial charge in [0, 0.05) is 17.6 Å². The van der Waals surface area contributed by atoms with Gasteiger partial charge >= 0.3 is 0 Å². The molecule has 2 rings (SSSR count). The molecule has 0 radical (unpaired) electrons. The summed E-state index contributed by atoms with van der Waals surface area (Å²) in [6.45, 7) is 4.69. The summed E-state index contributed by atoms with van der Waals surface area (Å²) in [5, 5.41) is 4.11. The molecule has 0 aliphatic rings. The molecule has 19 heavy (non-hydrogen) atoms. The van der Waals surface area contributed by atoms with Gasteiger partial charge in [0.1, 0.15) is 5.82 Å². The first kappa shape index (κ1) is 14.0. The molecule has 3 heteroatoms. The Morgan fingerprint density at radius 3 is 2.68 bits per heavy atom. The Morgan fingerprint density at radius 1 is 1.21 bits per heavy atom. The van der Waals surface area contributed by atoms with Crippen molar-refractivity contribution in [2.75, 3.05) is 0 Å². The van der Waals surface area contributed by atoms with Crippen LogP contribution in [0.2, 0.25) is 5.02 Å². The summed E-state index contributed by atoms with van der Waals surface area (Å²) >= 11 is 6.18. The maximum Gasteiger partial charge on any atom is 0.123 e. The standard InChI is InChI=1S/C16H17ClFN/c1-11-6-7-14(16(17)8-11)10-19-12(2)13-4-3-5-15(18)9-13/h3-9,12,19H,10H2,1-2H3/t12-/m0/s1. The monoisotopic (exact) mass is 277 g/mol. The lowest BCUT2D eigenvalue weighted by atomic mass is 10.1. The van der Waals surface area contributed by atoms with Crippen molar-refractivity contribution in [3.63, 3.8) is 0 Å². The topological polar surface area (TPSA) is 12.0 Å². The number of hydrogen-bond donors (Lipinski definition) is 1. The summed E-state index contributed by atoms with van der Waals surface area (Å²) in [7, 11) is 0. The fraction of sp³-hybridized carbons (Fsp3) is 0.250. The molecule has 0 aliphatic carbocycles. The second-order valence-electron chi connectivity index (χ2n) is 4.75. The quantitative estimate of drug-likeness (QED) is 0.858. The van der Waals surface area contributed by atoms with Gasteiger partial charge in [0.25, 0.3) is 0 Å². The molecule has 0 saturated heterocycles. The average molecular weight is 278 g/mol. The summed E-state index contributed by atoms with van der Waals surface area (Å²) < 4.78 is 13.2. The van der Waals surface area contributed by atoms with Crippen LogP contribution in [-0.2, 0) is 6.54 Å². The molecular weight excluding hydrogens is 261 g/mol. The van der Waals surface area contributed by atoms with Crippen molar-refractivity contribution in [3.05, 3.63) is 70.0 Å². The molecule has 0 spiro atoms. The van der Waals surface area contributed by atoms with Crippen molar-refractivity contribution >= 4 is 11.6 Å². The Bertz CT molecular complexity index is 568. The minimum absolute atomic E-state index is 0.0769. The molecule has 2 aromatic carbocycles. The molecule has 0 fully saturated rings. The Balaban J connectivity index is 2.02. The van der Waals surface area contributed by atoms with E-state index in [1.807, 2.05) is 38.1 Å². The van der Waals surface area contributed by atoms with E-state index in [0.717, 1.165) is 21.7 Å². The van der Waals surface area contributed by atoms with Gasteiger partial charge in [0.05, 0.1) is 0 Å². The largest absolute Gasteiger partial charge is 0.306 e. The highest BCUT2D eigenvalue weighted by atomic mass is 35.5. The van der Waals surface area contributed by atoms with E-state index in [0.29, 0.717) is 6.54 Å². The van der Waals surface area contributed by atoms with Crippen LogP contribution in [0.4, 0.5) is 4.39 Å². The van der Waals surface area contributed by atoms with Gasteiger partial charge in [-0.1, -0.05) is 35.9 Å². The van der Waals surface area contributed by atoms with E-state index < -0.39 is 0 Å².